The van der Waals surface area contributed by atoms with Gasteiger partial charge < -0.3 is 9.88 Å². The Hall–Kier alpha value is -1.63. The first-order chi connectivity index (χ1) is 11.1. The molecule has 1 amide bonds. The number of amides is 1. The fourth-order valence-electron chi connectivity index (χ4n) is 2.66. The average Bonchev–Trinajstić information content (AvgIpc) is 2.94. The van der Waals surface area contributed by atoms with Gasteiger partial charge in [0.05, 0.1) is 24.2 Å². The third-order valence-corrected chi connectivity index (χ3v) is 4.19. The lowest BCUT2D eigenvalue weighted by Gasteiger charge is -2.26. The Morgan fingerprint density at radius 3 is 3.13 bits per heavy atom. The van der Waals surface area contributed by atoms with Crippen molar-refractivity contribution in [3.63, 3.8) is 0 Å². The highest BCUT2D eigenvalue weighted by atomic mass is 35.5. The molecule has 3 rings (SSSR count). The molecule has 0 aliphatic carbocycles. The highest BCUT2D eigenvalue weighted by Crippen LogP contribution is 2.17. The summed E-state index contributed by atoms with van der Waals surface area (Å²) in [4.78, 5) is 27.1. The minimum absolute atomic E-state index is 0.0812. The van der Waals surface area contributed by atoms with E-state index < -0.39 is 0 Å². The zero-order valence-corrected chi connectivity index (χ0v) is 14.0. The Bertz CT molecular complexity index is 682. The van der Waals surface area contributed by atoms with Crippen LogP contribution in [0, 0.1) is 0 Å². The van der Waals surface area contributed by atoms with Crippen LogP contribution in [0.3, 0.4) is 0 Å². The molecule has 23 heavy (non-hydrogen) atoms. The van der Waals surface area contributed by atoms with Crippen molar-refractivity contribution in [2.75, 3.05) is 26.7 Å². The summed E-state index contributed by atoms with van der Waals surface area (Å²) in [6, 6.07) is 5.51. The molecule has 1 N–H and O–H groups in total. The number of halogens is 1. The maximum Gasteiger partial charge on any atom is 0.224 e. The molecule has 0 bridgehead atoms. The standard InChI is InChI=1S/C16H21ClN4O2/c1-20(16(22)6-8-21-7-2-3-9-23-21)11-15-18-13-5-4-12(17)10-14(13)19-15/h4-5,10H,2-3,6-9,11H2,1H3,(H,18,19). The van der Waals surface area contributed by atoms with Crippen molar-refractivity contribution in [2.45, 2.75) is 25.8 Å². The Morgan fingerprint density at radius 2 is 2.35 bits per heavy atom. The number of H-pyrrole nitrogens is 1. The summed E-state index contributed by atoms with van der Waals surface area (Å²) in [5, 5.41) is 2.55. The van der Waals surface area contributed by atoms with Crippen molar-refractivity contribution in [2.24, 2.45) is 0 Å². The summed E-state index contributed by atoms with van der Waals surface area (Å²) in [6.07, 6.45) is 2.68. The minimum Gasteiger partial charge on any atom is -0.340 e. The predicted octanol–water partition coefficient (Wildman–Crippen LogP) is 2.59. The number of hydroxylamine groups is 2. The van der Waals surface area contributed by atoms with Crippen LogP contribution in [-0.4, -0.2) is 52.6 Å². The maximum atomic E-state index is 12.2. The SMILES string of the molecule is CN(Cc1nc2ccc(Cl)cc2[nH]1)C(=O)CCN1CCCCO1. The molecule has 124 valence electrons. The van der Waals surface area contributed by atoms with Gasteiger partial charge in [-0.25, -0.2) is 4.98 Å². The van der Waals surface area contributed by atoms with Crippen LogP contribution in [0.15, 0.2) is 18.2 Å². The third kappa shape index (κ3) is 4.22. The minimum atomic E-state index is 0.0812. The second kappa shape index (κ2) is 7.29. The Morgan fingerprint density at radius 1 is 1.48 bits per heavy atom. The van der Waals surface area contributed by atoms with Gasteiger partial charge in [0.15, 0.2) is 0 Å². The van der Waals surface area contributed by atoms with Crippen LogP contribution in [0.2, 0.25) is 5.02 Å². The van der Waals surface area contributed by atoms with Crippen molar-refractivity contribution in [3.8, 4) is 0 Å². The van der Waals surface area contributed by atoms with Crippen LogP contribution in [-0.2, 0) is 16.2 Å². The van der Waals surface area contributed by atoms with Crippen molar-refractivity contribution >= 4 is 28.5 Å². The van der Waals surface area contributed by atoms with E-state index >= 15 is 0 Å². The molecule has 0 radical (unpaired) electrons. The molecular formula is C16H21ClN4O2. The monoisotopic (exact) mass is 336 g/mol. The second-order valence-corrected chi connectivity index (χ2v) is 6.25. The number of nitrogens with zero attached hydrogens (tertiary/aromatic N) is 3. The Balaban J connectivity index is 1.54. The van der Waals surface area contributed by atoms with Crippen LogP contribution in [0.4, 0.5) is 0 Å². The second-order valence-electron chi connectivity index (χ2n) is 5.81. The molecule has 1 fully saturated rings. The molecule has 1 aliphatic rings. The number of aromatic nitrogens is 2. The Labute approximate surface area is 140 Å². The zero-order valence-electron chi connectivity index (χ0n) is 13.2. The molecular weight excluding hydrogens is 316 g/mol. The highest BCUT2D eigenvalue weighted by molar-refractivity contribution is 6.31. The molecule has 0 atom stereocenters. The summed E-state index contributed by atoms with van der Waals surface area (Å²) in [7, 11) is 1.79. The molecule has 7 heteroatoms. The van der Waals surface area contributed by atoms with Crippen LogP contribution in [0.5, 0.6) is 0 Å². The quantitative estimate of drug-likeness (QED) is 0.911. The molecule has 0 spiro atoms. The average molecular weight is 337 g/mol. The smallest absolute Gasteiger partial charge is 0.224 e. The largest absolute Gasteiger partial charge is 0.340 e. The van der Waals surface area contributed by atoms with Gasteiger partial charge in [-0.1, -0.05) is 11.6 Å². The van der Waals surface area contributed by atoms with Gasteiger partial charge in [0.25, 0.3) is 0 Å². The van der Waals surface area contributed by atoms with E-state index in [0.717, 1.165) is 42.9 Å². The lowest BCUT2D eigenvalue weighted by Crippen LogP contribution is -2.35. The molecule has 1 aromatic heterocycles. The van der Waals surface area contributed by atoms with Gasteiger partial charge in [-0.05, 0) is 31.0 Å². The molecule has 2 heterocycles. The van der Waals surface area contributed by atoms with Crippen LogP contribution < -0.4 is 0 Å². The van der Waals surface area contributed by atoms with E-state index in [9.17, 15) is 4.79 Å². The van der Waals surface area contributed by atoms with Crippen molar-refractivity contribution in [1.29, 1.82) is 0 Å². The van der Waals surface area contributed by atoms with Gasteiger partial charge in [0.1, 0.15) is 5.82 Å². The number of carbonyl (C=O) groups is 1. The van der Waals surface area contributed by atoms with E-state index in [-0.39, 0.29) is 5.91 Å². The van der Waals surface area contributed by atoms with E-state index in [1.165, 1.54) is 0 Å². The molecule has 1 aliphatic heterocycles. The van der Waals surface area contributed by atoms with E-state index in [0.29, 0.717) is 24.5 Å². The first-order valence-corrected chi connectivity index (χ1v) is 8.25. The number of fused-ring (bicyclic) bond motifs is 1. The molecule has 6 nitrogen and oxygen atoms in total. The fraction of sp³-hybridized carbons (Fsp3) is 0.500. The number of rotatable bonds is 5. The molecule has 2 aromatic rings. The van der Waals surface area contributed by atoms with Crippen molar-refractivity contribution in [3.05, 3.63) is 29.0 Å². The van der Waals surface area contributed by atoms with Crippen molar-refractivity contribution in [1.82, 2.24) is 19.9 Å². The highest BCUT2D eigenvalue weighted by Gasteiger charge is 2.16. The lowest BCUT2D eigenvalue weighted by molar-refractivity contribution is -0.182. The van der Waals surface area contributed by atoms with E-state index in [1.807, 2.05) is 23.3 Å². The van der Waals surface area contributed by atoms with Crippen molar-refractivity contribution < 1.29 is 9.63 Å². The normalized spacial score (nSPS) is 15.9. The zero-order chi connectivity index (χ0) is 16.2. The maximum absolute atomic E-state index is 12.2. The number of nitrogens with one attached hydrogen (secondary N) is 1. The molecule has 0 unspecified atom stereocenters. The van der Waals surface area contributed by atoms with Crippen LogP contribution in [0.1, 0.15) is 25.1 Å². The van der Waals surface area contributed by atoms with Gasteiger partial charge in [0, 0.05) is 31.6 Å². The van der Waals surface area contributed by atoms with Gasteiger partial charge >= 0.3 is 0 Å². The lowest BCUT2D eigenvalue weighted by atomic mass is 10.3. The van der Waals surface area contributed by atoms with E-state index in [2.05, 4.69) is 9.97 Å². The summed E-state index contributed by atoms with van der Waals surface area (Å²) in [5.41, 5.74) is 1.74. The summed E-state index contributed by atoms with van der Waals surface area (Å²) >= 11 is 5.97. The summed E-state index contributed by atoms with van der Waals surface area (Å²) in [6.45, 7) is 2.75. The number of aromatic amines is 1. The van der Waals surface area contributed by atoms with Crippen LogP contribution >= 0.6 is 11.6 Å². The summed E-state index contributed by atoms with van der Waals surface area (Å²) in [5.74, 6) is 0.838. The topological polar surface area (TPSA) is 61.5 Å². The van der Waals surface area contributed by atoms with Gasteiger partial charge in [-0.2, -0.15) is 5.06 Å². The number of benzene rings is 1. The number of hydrogen-bond acceptors (Lipinski definition) is 4. The Kier molecular flexibility index (Phi) is 5.15. The van der Waals surface area contributed by atoms with E-state index in [1.54, 1.807) is 11.9 Å². The van der Waals surface area contributed by atoms with E-state index in [4.69, 9.17) is 16.4 Å². The number of hydrogen-bond donors (Lipinski definition) is 1. The van der Waals surface area contributed by atoms with Crippen LogP contribution in [0.25, 0.3) is 11.0 Å². The first kappa shape index (κ1) is 16.2. The molecule has 1 aromatic carbocycles. The van der Waals surface area contributed by atoms with Gasteiger partial charge in [-0.15, -0.1) is 0 Å². The fourth-order valence-corrected chi connectivity index (χ4v) is 2.83. The third-order valence-electron chi connectivity index (χ3n) is 3.96. The predicted molar refractivity (Wildman–Crippen MR) is 89.0 cm³/mol. The molecule has 1 saturated heterocycles. The number of carbonyl (C=O) groups excluding carboxylic acids is 1. The first-order valence-electron chi connectivity index (χ1n) is 7.88. The molecule has 0 saturated carbocycles. The number of imidazole rings is 1. The summed E-state index contributed by atoms with van der Waals surface area (Å²) < 4.78 is 0. The van der Waals surface area contributed by atoms with Gasteiger partial charge in [0.2, 0.25) is 5.91 Å². The van der Waals surface area contributed by atoms with Gasteiger partial charge in [-0.3, -0.25) is 9.63 Å².